The van der Waals surface area contributed by atoms with Crippen LogP contribution in [0.25, 0.3) is 0 Å². The molecule has 9 nitrogen and oxygen atoms in total. The third kappa shape index (κ3) is 3.70. The number of urea groups is 1. The molecule has 3 rings (SSSR count). The summed E-state index contributed by atoms with van der Waals surface area (Å²) in [5, 5.41) is 6.89. The van der Waals surface area contributed by atoms with E-state index < -0.39 is 0 Å². The predicted molar refractivity (Wildman–Crippen MR) is 92.4 cm³/mol. The van der Waals surface area contributed by atoms with Gasteiger partial charge >= 0.3 is 6.03 Å². The third-order valence-electron chi connectivity index (χ3n) is 4.05. The van der Waals surface area contributed by atoms with Gasteiger partial charge in [-0.05, 0) is 12.8 Å². The number of nitrogens with one attached hydrogen (secondary N) is 1. The Morgan fingerprint density at radius 2 is 2.08 bits per heavy atom. The summed E-state index contributed by atoms with van der Waals surface area (Å²) >= 11 is 0. The SMILES string of the molecule is CC(C)c1nc([C@@H]2CCCN2C(=O)Nc2cnc(N(C)C)nc2)no1. The van der Waals surface area contributed by atoms with Crippen LogP contribution in [0.5, 0.6) is 0 Å². The first-order chi connectivity index (χ1) is 12.0. The molecule has 0 unspecified atom stereocenters. The highest BCUT2D eigenvalue weighted by Crippen LogP contribution is 2.31. The van der Waals surface area contributed by atoms with Crippen LogP contribution in [-0.2, 0) is 0 Å². The van der Waals surface area contributed by atoms with Gasteiger partial charge in [0.2, 0.25) is 11.8 Å². The quantitative estimate of drug-likeness (QED) is 0.908. The Balaban J connectivity index is 1.69. The molecule has 134 valence electrons. The van der Waals surface area contributed by atoms with Gasteiger partial charge in [0.25, 0.3) is 0 Å². The van der Waals surface area contributed by atoms with Gasteiger partial charge in [0.15, 0.2) is 5.82 Å². The van der Waals surface area contributed by atoms with Gasteiger partial charge in [-0.2, -0.15) is 4.98 Å². The second-order valence-corrected chi connectivity index (χ2v) is 6.59. The van der Waals surface area contributed by atoms with Crippen molar-refractivity contribution in [2.45, 2.75) is 38.6 Å². The maximum Gasteiger partial charge on any atom is 0.322 e. The largest absolute Gasteiger partial charge is 0.347 e. The maximum atomic E-state index is 12.6. The Hall–Kier alpha value is -2.71. The first kappa shape index (κ1) is 17.1. The highest BCUT2D eigenvalue weighted by molar-refractivity contribution is 5.89. The highest BCUT2D eigenvalue weighted by Gasteiger charge is 2.33. The molecule has 2 amide bonds. The summed E-state index contributed by atoms with van der Waals surface area (Å²) in [6, 6.07) is -0.377. The van der Waals surface area contributed by atoms with Crippen LogP contribution in [0.2, 0.25) is 0 Å². The van der Waals surface area contributed by atoms with E-state index in [0.717, 1.165) is 12.8 Å². The molecule has 0 aliphatic carbocycles. The third-order valence-corrected chi connectivity index (χ3v) is 4.05. The lowest BCUT2D eigenvalue weighted by molar-refractivity contribution is 0.203. The lowest BCUT2D eigenvalue weighted by atomic mass is 10.2. The van der Waals surface area contributed by atoms with Crippen LogP contribution in [-0.4, -0.2) is 51.7 Å². The Kier molecular flexibility index (Phi) is 4.82. The fourth-order valence-electron chi connectivity index (χ4n) is 2.71. The molecule has 1 atom stereocenters. The minimum Gasteiger partial charge on any atom is -0.347 e. The summed E-state index contributed by atoms with van der Waals surface area (Å²) in [4.78, 5) is 29.0. The number of likely N-dealkylation sites (tertiary alicyclic amines) is 1. The molecule has 3 heterocycles. The summed E-state index contributed by atoms with van der Waals surface area (Å²) in [6.45, 7) is 4.64. The molecule has 0 saturated carbocycles. The number of aromatic nitrogens is 4. The average Bonchev–Trinajstić information content (AvgIpc) is 3.24. The van der Waals surface area contributed by atoms with Crippen molar-refractivity contribution in [3.05, 3.63) is 24.1 Å². The van der Waals surface area contributed by atoms with Crippen molar-refractivity contribution in [3.63, 3.8) is 0 Å². The van der Waals surface area contributed by atoms with Crippen LogP contribution in [0.1, 0.15) is 50.4 Å². The van der Waals surface area contributed by atoms with Crippen LogP contribution >= 0.6 is 0 Å². The first-order valence-electron chi connectivity index (χ1n) is 8.36. The number of hydrogen-bond donors (Lipinski definition) is 1. The number of amides is 2. The zero-order chi connectivity index (χ0) is 18.0. The zero-order valence-corrected chi connectivity index (χ0v) is 14.9. The van der Waals surface area contributed by atoms with E-state index in [9.17, 15) is 4.79 Å². The molecule has 0 radical (unpaired) electrons. The van der Waals surface area contributed by atoms with E-state index in [2.05, 4.69) is 25.4 Å². The molecule has 2 aromatic rings. The van der Waals surface area contributed by atoms with Gasteiger partial charge in [-0.15, -0.1) is 0 Å². The minimum atomic E-state index is -0.209. The molecule has 25 heavy (non-hydrogen) atoms. The number of carbonyl (C=O) groups is 1. The van der Waals surface area contributed by atoms with Gasteiger partial charge in [0, 0.05) is 26.6 Å². The Morgan fingerprint density at radius 3 is 2.68 bits per heavy atom. The fraction of sp³-hybridized carbons (Fsp3) is 0.562. The van der Waals surface area contributed by atoms with Gasteiger partial charge < -0.3 is 19.6 Å². The lowest BCUT2D eigenvalue weighted by Crippen LogP contribution is -2.35. The summed E-state index contributed by atoms with van der Waals surface area (Å²) < 4.78 is 5.28. The molecular formula is C16H23N7O2. The topological polar surface area (TPSA) is 100 Å². The van der Waals surface area contributed by atoms with Crippen molar-refractivity contribution in [1.29, 1.82) is 0 Å². The molecule has 1 aliphatic rings. The zero-order valence-electron chi connectivity index (χ0n) is 14.9. The molecule has 2 aromatic heterocycles. The summed E-state index contributed by atoms with van der Waals surface area (Å²) in [5.74, 6) is 1.91. The summed E-state index contributed by atoms with van der Waals surface area (Å²) in [6.07, 6.45) is 4.91. The molecule has 1 saturated heterocycles. The second-order valence-electron chi connectivity index (χ2n) is 6.59. The van der Waals surface area contributed by atoms with Crippen LogP contribution in [0.15, 0.2) is 16.9 Å². The van der Waals surface area contributed by atoms with Gasteiger partial charge in [-0.3, -0.25) is 0 Å². The van der Waals surface area contributed by atoms with Crippen molar-refractivity contribution in [2.75, 3.05) is 30.9 Å². The average molecular weight is 345 g/mol. The maximum absolute atomic E-state index is 12.6. The van der Waals surface area contributed by atoms with Crippen molar-refractivity contribution >= 4 is 17.7 Å². The molecule has 9 heteroatoms. The Morgan fingerprint density at radius 1 is 1.36 bits per heavy atom. The molecule has 0 bridgehead atoms. The number of anilines is 2. The second kappa shape index (κ2) is 7.04. The van der Waals surface area contributed by atoms with Gasteiger partial charge in [-0.25, -0.2) is 14.8 Å². The molecule has 0 aromatic carbocycles. The minimum absolute atomic E-state index is 0.164. The van der Waals surface area contributed by atoms with Crippen LogP contribution in [0.3, 0.4) is 0 Å². The number of carbonyl (C=O) groups excluding carboxylic acids is 1. The molecule has 0 spiro atoms. The van der Waals surface area contributed by atoms with Gasteiger partial charge in [0.05, 0.1) is 24.1 Å². The van der Waals surface area contributed by atoms with E-state index >= 15 is 0 Å². The van der Waals surface area contributed by atoms with Crippen molar-refractivity contribution in [3.8, 4) is 0 Å². The van der Waals surface area contributed by atoms with Crippen molar-refractivity contribution in [1.82, 2.24) is 25.0 Å². The van der Waals surface area contributed by atoms with Crippen molar-refractivity contribution in [2.24, 2.45) is 0 Å². The van der Waals surface area contributed by atoms with E-state index in [1.54, 1.807) is 22.2 Å². The molecule has 1 aliphatic heterocycles. The number of hydrogen-bond acceptors (Lipinski definition) is 7. The van der Waals surface area contributed by atoms with Crippen molar-refractivity contribution < 1.29 is 9.32 Å². The van der Waals surface area contributed by atoms with Crippen LogP contribution in [0, 0.1) is 0 Å². The van der Waals surface area contributed by atoms with E-state index in [1.165, 1.54) is 0 Å². The summed E-state index contributed by atoms with van der Waals surface area (Å²) in [7, 11) is 3.72. The number of nitrogens with zero attached hydrogens (tertiary/aromatic N) is 6. The number of rotatable bonds is 4. The molecular weight excluding hydrogens is 322 g/mol. The van der Waals surface area contributed by atoms with E-state index in [4.69, 9.17) is 4.52 Å². The highest BCUT2D eigenvalue weighted by atomic mass is 16.5. The van der Waals surface area contributed by atoms with Gasteiger partial charge in [-0.1, -0.05) is 19.0 Å². The fourth-order valence-corrected chi connectivity index (χ4v) is 2.71. The van der Waals surface area contributed by atoms with Crippen LogP contribution in [0.4, 0.5) is 16.4 Å². The van der Waals surface area contributed by atoms with E-state index in [-0.39, 0.29) is 18.0 Å². The van der Waals surface area contributed by atoms with Crippen LogP contribution < -0.4 is 10.2 Å². The predicted octanol–water partition coefficient (Wildman–Crippen LogP) is 2.42. The standard InChI is InChI=1S/C16H23N7O2/c1-10(2)14-20-13(21-25-14)12-6-5-7-23(12)16(24)19-11-8-17-15(18-9-11)22(3)4/h8-10,12H,5-7H2,1-4H3,(H,19,24)/t12-/m0/s1. The van der Waals surface area contributed by atoms with E-state index in [0.29, 0.717) is 29.9 Å². The first-order valence-corrected chi connectivity index (χ1v) is 8.36. The van der Waals surface area contributed by atoms with E-state index in [1.807, 2.05) is 27.9 Å². The summed E-state index contributed by atoms with van der Waals surface area (Å²) in [5.41, 5.74) is 0.553. The smallest absolute Gasteiger partial charge is 0.322 e. The Labute approximate surface area is 146 Å². The monoisotopic (exact) mass is 345 g/mol. The lowest BCUT2D eigenvalue weighted by Gasteiger charge is -2.22. The normalized spacial score (nSPS) is 17.2. The van der Waals surface area contributed by atoms with Gasteiger partial charge in [0.1, 0.15) is 0 Å². The molecule has 1 fully saturated rings. The molecule has 1 N–H and O–H groups in total. The Bertz CT molecular complexity index is 726.